The van der Waals surface area contributed by atoms with Crippen LogP contribution in [0.15, 0.2) is 4.52 Å². The topological polar surface area (TPSA) is 51.4 Å². The second-order valence-electron chi connectivity index (χ2n) is 4.84. The van der Waals surface area contributed by atoms with E-state index in [1.165, 1.54) is 0 Å². The predicted octanol–water partition coefficient (Wildman–Crippen LogP) is 1.80. The van der Waals surface area contributed by atoms with Crippen molar-refractivity contribution in [3.8, 4) is 0 Å². The van der Waals surface area contributed by atoms with E-state index in [1.54, 1.807) is 0 Å². The van der Waals surface area contributed by atoms with Crippen LogP contribution in [0.2, 0.25) is 0 Å². The first-order chi connectivity index (χ1) is 8.19. The molecule has 0 saturated carbocycles. The number of rotatable bonds is 4. The van der Waals surface area contributed by atoms with Crippen molar-refractivity contribution in [1.29, 1.82) is 0 Å². The lowest BCUT2D eigenvalue weighted by Gasteiger charge is -2.31. The molecule has 0 aliphatic carbocycles. The van der Waals surface area contributed by atoms with Crippen LogP contribution in [0.4, 0.5) is 0 Å². The van der Waals surface area contributed by atoms with Gasteiger partial charge in [0.05, 0.1) is 19.3 Å². The van der Waals surface area contributed by atoms with Crippen molar-refractivity contribution in [2.75, 3.05) is 19.7 Å². The molecule has 0 aromatic carbocycles. The Balaban J connectivity index is 1.91. The summed E-state index contributed by atoms with van der Waals surface area (Å²) in [5.74, 6) is 1.80. The van der Waals surface area contributed by atoms with Gasteiger partial charge in [-0.3, -0.25) is 4.90 Å². The minimum atomic E-state index is 0.296. The number of hydrogen-bond acceptors (Lipinski definition) is 5. The molecule has 1 aromatic heterocycles. The Morgan fingerprint density at radius 1 is 1.47 bits per heavy atom. The molecule has 1 saturated heterocycles. The molecule has 0 unspecified atom stereocenters. The fraction of sp³-hybridized carbons (Fsp3) is 0.833. The van der Waals surface area contributed by atoms with Gasteiger partial charge >= 0.3 is 0 Å². The van der Waals surface area contributed by atoms with E-state index in [0.717, 1.165) is 44.4 Å². The summed E-state index contributed by atoms with van der Waals surface area (Å²) in [5, 5.41) is 4.01. The predicted molar refractivity (Wildman–Crippen MR) is 63.7 cm³/mol. The van der Waals surface area contributed by atoms with Crippen LogP contribution in [0.3, 0.4) is 0 Å². The molecule has 1 atom stereocenters. The van der Waals surface area contributed by atoms with Crippen LogP contribution < -0.4 is 0 Å². The molecular weight excluding hydrogens is 218 g/mol. The maximum Gasteiger partial charge on any atom is 0.229 e. The Kier molecular flexibility index (Phi) is 4.12. The maximum absolute atomic E-state index is 5.63. The molecule has 2 heterocycles. The van der Waals surface area contributed by atoms with Gasteiger partial charge in [0.15, 0.2) is 5.82 Å². The molecule has 5 nitrogen and oxygen atoms in total. The molecule has 0 amide bonds. The number of ether oxygens (including phenoxy) is 1. The molecule has 1 aromatic rings. The van der Waals surface area contributed by atoms with Crippen molar-refractivity contribution in [2.45, 2.75) is 45.8 Å². The summed E-state index contributed by atoms with van der Waals surface area (Å²) < 4.78 is 10.8. The largest absolute Gasteiger partial charge is 0.376 e. The van der Waals surface area contributed by atoms with Crippen LogP contribution in [0.1, 0.15) is 44.8 Å². The number of morpholine rings is 1. The van der Waals surface area contributed by atoms with Gasteiger partial charge < -0.3 is 9.26 Å². The number of hydrogen-bond donors (Lipinski definition) is 0. The summed E-state index contributed by atoms with van der Waals surface area (Å²) in [6, 6.07) is 0. The molecule has 2 rings (SSSR count). The maximum atomic E-state index is 5.63. The second kappa shape index (κ2) is 5.60. The van der Waals surface area contributed by atoms with E-state index in [2.05, 4.69) is 35.8 Å². The summed E-state index contributed by atoms with van der Waals surface area (Å²) in [5.41, 5.74) is 0. The van der Waals surface area contributed by atoms with Gasteiger partial charge in [0.1, 0.15) is 0 Å². The van der Waals surface area contributed by atoms with E-state index in [0.29, 0.717) is 12.0 Å². The summed E-state index contributed by atoms with van der Waals surface area (Å²) in [4.78, 5) is 6.72. The van der Waals surface area contributed by atoms with E-state index in [9.17, 15) is 0 Å². The average molecular weight is 239 g/mol. The Hall–Kier alpha value is -0.940. The lowest BCUT2D eigenvalue weighted by Crippen LogP contribution is -2.41. The van der Waals surface area contributed by atoms with Crippen molar-refractivity contribution in [1.82, 2.24) is 15.0 Å². The zero-order valence-electron chi connectivity index (χ0n) is 10.8. The molecule has 5 heteroatoms. The highest BCUT2D eigenvalue weighted by atomic mass is 16.5. The third-order valence-electron chi connectivity index (χ3n) is 3.02. The second-order valence-corrected chi connectivity index (χ2v) is 4.84. The third kappa shape index (κ3) is 3.26. The molecule has 0 radical (unpaired) electrons. The fourth-order valence-corrected chi connectivity index (χ4v) is 1.94. The highest BCUT2D eigenvalue weighted by Gasteiger charge is 2.20. The molecular formula is C12H21N3O2. The van der Waals surface area contributed by atoms with Crippen molar-refractivity contribution in [3.05, 3.63) is 11.7 Å². The van der Waals surface area contributed by atoms with Gasteiger partial charge in [-0.1, -0.05) is 25.9 Å². The third-order valence-corrected chi connectivity index (χ3v) is 3.02. The van der Waals surface area contributed by atoms with E-state index >= 15 is 0 Å². The van der Waals surface area contributed by atoms with Gasteiger partial charge in [0.2, 0.25) is 5.89 Å². The number of nitrogens with zero attached hydrogens (tertiary/aromatic N) is 3. The average Bonchev–Trinajstić information content (AvgIpc) is 2.78. The standard InChI is InChI=1S/C12H21N3O2/c1-4-10-7-15(5-6-16-10)8-11-13-12(9(2)3)17-14-11/h9-10H,4-8H2,1-3H3/t10-/m0/s1. The molecule has 1 aliphatic heterocycles. The Morgan fingerprint density at radius 3 is 2.94 bits per heavy atom. The molecule has 17 heavy (non-hydrogen) atoms. The Morgan fingerprint density at radius 2 is 2.29 bits per heavy atom. The van der Waals surface area contributed by atoms with Gasteiger partial charge in [-0.25, -0.2) is 0 Å². The van der Waals surface area contributed by atoms with Crippen LogP contribution >= 0.6 is 0 Å². The zero-order valence-corrected chi connectivity index (χ0v) is 10.8. The van der Waals surface area contributed by atoms with E-state index in [-0.39, 0.29) is 0 Å². The summed E-state index contributed by atoms with van der Waals surface area (Å²) in [7, 11) is 0. The van der Waals surface area contributed by atoms with Gasteiger partial charge in [-0.2, -0.15) is 4.98 Å². The van der Waals surface area contributed by atoms with Crippen LogP contribution in [0.5, 0.6) is 0 Å². The van der Waals surface area contributed by atoms with E-state index in [1.807, 2.05) is 0 Å². The molecule has 0 N–H and O–H groups in total. The molecule has 1 fully saturated rings. The molecule has 1 aliphatic rings. The summed E-state index contributed by atoms with van der Waals surface area (Å²) in [6.45, 7) is 9.73. The monoisotopic (exact) mass is 239 g/mol. The summed E-state index contributed by atoms with van der Waals surface area (Å²) >= 11 is 0. The highest BCUT2D eigenvalue weighted by Crippen LogP contribution is 2.14. The lowest BCUT2D eigenvalue weighted by molar-refractivity contribution is -0.0333. The van der Waals surface area contributed by atoms with Gasteiger partial charge in [-0.15, -0.1) is 0 Å². The Bertz CT molecular complexity index is 351. The quantitative estimate of drug-likeness (QED) is 0.802. The molecule has 96 valence electrons. The highest BCUT2D eigenvalue weighted by molar-refractivity contribution is 4.91. The first kappa shape index (κ1) is 12.5. The minimum Gasteiger partial charge on any atom is -0.376 e. The Labute approximate surface area is 102 Å². The molecule has 0 spiro atoms. The zero-order chi connectivity index (χ0) is 12.3. The summed E-state index contributed by atoms with van der Waals surface area (Å²) in [6.07, 6.45) is 1.40. The first-order valence-electron chi connectivity index (χ1n) is 6.35. The first-order valence-corrected chi connectivity index (χ1v) is 6.35. The minimum absolute atomic E-state index is 0.296. The van der Waals surface area contributed by atoms with Crippen LogP contribution in [-0.4, -0.2) is 40.8 Å². The van der Waals surface area contributed by atoms with Crippen molar-refractivity contribution >= 4 is 0 Å². The van der Waals surface area contributed by atoms with Gasteiger partial charge in [-0.05, 0) is 6.42 Å². The lowest BCUT2D eigenvalue weighted by atomic mass is 10.2. The van der Waals surface area contributed by atoms with E-state index < -0.39 is 0 Å². The van der Waals surface area contributed by atoms with Crippen LogP contribution in [-0.2, 0) is 11.3 Å². The number of aromatic nitrogens is 2. The van der Waals surface area contributed by atoms with Gasteiger partial charge in [0, 0.05) is 19.0 Å². The SMILES string of the molecule is CC[C@H]1CN(Cc2noc(C(C)C)n2)CCO1. The van der Waals surface area contributed by atoms with Crippen LogP contribution in [0, 0.1) is 0 Å². The smallest absolute Gasteiger partial charge is 0.229 e. The van der Waals surface area contributed by atoms with Crippen LogP contribution in [0.25, 0.3) is 0 Å². The van der Waals surface area contributed by atoms with E-state index in [4.69, 9.17) is 9.26 Å². The van der Waals surface area contributed by atoms with Gasteiger partial charge in [0.25, 0.3) is 0 Å². The van der Waals surface area contributed by atoms with Crippen molar-refractivity contribution in [2.24, 2.45) is 0 Å². The normalized spacial score (nSPS) is 22.2. The van der Waals surface area contributed by atoms with Crippen molar-refractivity contribution in [3.63, 3.8) is 0 Å². The molecule has 0 bridgehead atoms. The van der Waals surface area contributed by atoms with Crippen molar-refractivity contribution < 1.29 is 9.26 Å². The fourth-order valence-electron chi connectivity index (χ4n) is 1.94.